The van der Waals surface area contributed by atoms with Crippen molar-refractivity contribution in [1.82, 2.24) is 4.72 Å². The van der Waals surface area contributed by atoms with Gasteiger partial charge in [0.25, 0.3) is 0 Å². The van der Waals surface area contributed by atoms with Crippen LogP contribution in [0.5, 0.6) is 5.75 Å². The molecule has 1 atom stereocenters. The van der Waals surface area contributed by atoms with E-state index in [1.54, 1.807) is 22.9 Å². The van der Waals surface area contributed by atoms with Gasteiger partial charge >= 0.3 is 6.61 Å². The molecule has 0 radical (unpaired) electrons. The molecule has 0 spiro atoms. The molecule has 1 aromatic heterocycles. The minimum atomic E-state index is -3.60. The van der Waals surface area contributed by atoms with E-state index in [0.717, 1.165) is 0 Å². The quantitative estimate of drug-likeness (QED) is 0.829. The average molecular weight is 347 g/mol. The monoisotopic (exact) mass is 347 g/mol. The van der Waals surface area contributed by atoms with Crippen molar-refractivity contribution in [2.45, 2.75) is 30.9 Å². The van der Waals surface area contributed by atoms with Crippen LogP contribution in [0.3, 0.4) is 0 Å². The van der Waals surface area contributed by atoms with Gasteiger partial charge < -0.3 is 4.74 Å². The van der Waals surface area contributed by atoms with Crippen LogP contribution < -0.4 is 9.46 Å². The first-order valence-corrected chi connectivity index (χ1v) is 8.94. The predicted octanol–water partition coefficient (Wildman–Crippen LogP) is 3.78. The molecule has 4 nitrogen and oxygen atoms in total. The topological polar surface area (TPSA) is 55.4 Å². The number of nitrogens with one attached hydrogen (secondary N) is 1. The van der Waals surface area contributed by atoms with Gasteiger partial charge in [0, 0.05) is 11.4 Å². The zero-order chi connectivity index (χ0) is 16.2. The largest absolute Gasteiger partial charge is 0.435 e. The highest BCUT2D eigenvalue weighted by molar-refractivity contribution is 7.89. The SMILES string of the molecule is CCC(NS(=O)(=O)c1ccsc1)c1ccc(OC(F)F)cc1. The van der Waals surface area contributed by atoms with Crippen LogP contribution in [0.1, 0.15) is 24.9 Å². The molecule has 0 fully saturated rings. The number of sulfonamides is 1. The molecule has 0 amide bonds. The maximum Gasteiger partial charge on any atom is 0.387 e. The minimum absolute atomic E-state index is 0.0364. The van der Waals surface area contributed by atoms with Crippen LogP contribution in [0, 0.1) is 0 Å². The van der Waals surface area contributed by atoms with Gasteiger partial charge in [-0.2, -0.15) is 20.1 Å². The van der Waals surface area contributed by atoms with Crippen LogP contribution in [-0.4, -0.2) is 15.0 Å². The predicted molar refractivity (Wildman–Crippen MR) is 80.7 cm³/mol. The van der Waals surface area contributed by atoms with Crippen molar-refractivity contribution in [2.75, 3.05) is 0 Å². The zero-order valence-electron chi connectivity index (χ0n) is 11.7. The van der Waals surface area contributed by atoms with Crippen molar-refractivity contribution in [3.63, 3.8) is 0 Å². The molecule has 1 N–H and O–H groups in total. The highest BCUT2D eigenvalue weighted by atomic mass is 32.2. The molecule has 8 heteroatoms. The Morgan fingerprint density at radius 3 is 2.41 bits per heavy atom. The Kier molecular flexibility index (Phi) is 5.49. The summed E-state index contributed by atoms with van der Waals surface area (Å²) in [4.78, 5) is 0.216. The van der Waals surface area contributed by atoms with Crippen molar-refractivity contribution in [3.05, 3.63) is 46.7 Å². The van der Waals surface area contributed by atoms with Gasteiger partial charge in [0.15, 0.2) is 0 Å². The molecular weight excluding hydrogens is 332 g/mol. The lowest BCUT2D eigenvalue weighted by Gasteiger charge is -2.17. The fourth-order valence-electron chi connectivity index (χ4n) is 1.93. The molecule has 22 heavy (non-hydrogen) atoms. The Bertz CT molecular complexity index is 685. The third-order valence-electron chi connectivity index (χ3n) is 3.02. The van der Waals surface area contributed by atoms with Crippen LogP contribution in [0.4, 0.5) is 8.78 Å². The van der Waals surface area contributed by atoms with Crippen LogP contribution in [0.25, 0.3) is 0 Å². The first kappa shape index (κ1) is 16.9. The van der Waals surface area contributed by atoms with Crippen LogP contribution in [0.2, 0.25) is 0 Å². The maximum atomic E-state index is 12.2. The Hall–Kier alpha value is -1.51. The Balaban J connectivity index is 2.15. The van der Waals surface area contributed by atoms with Crippen molar-refractivity contribution >= 4 is 21.4 Å². The molecule has 0 saturated heterocycles. The van der Waals surface area contributed by atoms with Gasteiger partial charge in [0.1, 0.15) is 5.75 Å². The van der Waals surface area contributed by atoms with E-state index in [-0.39, 0.29) is 10.6 Å². The maximum absolute atomic E-state index is 12.2. The van der Waals surface area contributed by atoms with Crippen molar-refractivity contribution in [1.29, 1.82) is 0 Å². The summed E-state index contributed by atoms with van der Waals surface area (Å²) in [6, 6.07) is 7.01. The smallest absolute Gasteiger partial charge is 0.387 e. The lowest BCUT2D eigenvalue weighted by Crippen LogP contribution is -2.28. The third kappa shape index (κ3) is 4.25. The first-order chi connectivity index (χ1) is 10.4. The molecule has 0 aliphatic rings. The summed E-state index contributed by atoms with van der Waals surface area (Å²) in [6.07, 6.45) is 0.526. The summed E-state index contributed by atoms with van der Waals surface area (Å²) in [6.45, 7) is -1.05. The number of ether oxygens (including phenoxy) is 1. The Morgan fingerprint density at radius 2 is 1.91 bits per heavy atom. The molecular formula is C14H15F2NO3S2. The van der Waals surface area contributed by atoms with Gasteiger partial charge in [-0.1, -0.05) is 19.1 Å². The fourth-order valence-corrected chi connectivity index (χ4v) is 4.27. The van der Waals surface area contributed by atoms with Gasteiger partial charge in [-0.05, 0) is 35.6 Å². The van der Waals surface area contributed by atoms with E-state index in [2.05, 4.69) is 9.46 Å². The highest BCUT2D eigenvalue weighted by Crippen LogP contribution is 2.24. The van der Waals surface area contributed by atoms with E-state index in [1.807, 2.05) is 6.92 Å². The van der Waals surface area contributed by atoms with Crippen molar-refractivity contribution in [3.8, 4) is 5.75 Å². The molecule has 1 unspecified atom stereocenters. The summed E-state index contributed by atoms with van der Waals surface area (Å²) in [5.74, 6) is 0.0364. The number of rotatable bonds is 7. The average Bonchev–Trinajstić information content (AvgIpc) is 3.00. The van der Waals surface area contributed by atoms with E-state index in [4.69, 9.17) is 0 Å². The molecule has 0 saturated carbocycles. The second-order valence-corrected chi connectivity index (χ2v) is 6.98. The number of halogens is 2. The summed E-state index contributed by atoms with van der Waals surface area (Å²) in [7, 11) is -3.60. The van der Waals surface area contributed by atoms with Crippen LogP contribution in [0.15, 0.2) is 46.0 Å². The van der Waals surface area contributed by atoms with Crippen LogP contribution in [-0.2, 0) is 10.0 Å². The van der Waals surface area contributed by atoms with Crippen molar-refractivity contribution in [2.24, 2.45) is 0 Å². The van der Waals surface area contributed by atoms with Gasteiger partial charge in [-0.25, -0.2) is 13.1 Å². The van der Waals surface area contributed by atoms with E-state index in [9.17, 15) is 17.2 Å². The third-order valence-corrected chi connectivity index (χ3v) is 5.32. The minimum Gasteiger partial charge on any atom is -0.435 e. The van der Waals surface area contributed by atoms with Gasteiger partial charge in [-0.15, -0.1) is 0 Å². The molecule has 0 aliphatic heterocycles. The lowest BCUT2D eigenvalue weighted by molar-refractivity contribution is -0.0498. The second-order valence-electron chi connectivity index (χ2n) is 4.49. The number of benzene rings is 1. The summed E-state index contributed by atoms with van der Waals surface area (Å²) < 4.78 is 55.5. The van der Waals surface area contributed by atoms with E-state index in [0.29, 0.717) is 12.0 Å². The summed E-state index contributed by atoms with van der Waals surface area (Å²) in [5.41, 5.74) is 0.683. The molecule has 2 rings (SSSR count). The van der Waals surface area contributed by atoms with E-state index < -0.39 is 22.7 Å². The van der Waals surface area contributed by atoms with E-state index in [1.165, 1.54) is 29.5 Å². The lowest BCUT2D eigenvalue weighted by atomic mass is 10.1. The van der Waals surface area contributed by atoms with Crippen LogP contribution >= 0.6 is 11.3 Å². The molecule has 0 aliphatic carbocycles. The summed E-state index contributed by atoms with van der Waals surface area (Å²) >= 11 is 1.30. The zero-order valence-corrected chi connectivity index (χ0v) is 13.3. The molecule has 120 valence electrons. The summed E-state index contributed by atoms with van der Waals surface area (Å²) in [5, 5.41) is 3.24. The highest BCUT2D eigenvalue weighted by Gasteiger charge is 2.20. The normalized spacial score (nSPS) is 13.3. The number of hydrogen-bond donors (Lipinski definition) is 1. The van der Waals surface area contributed by atoms with E-state index >= 15 is 0 Å². The molecule has 0 bridgehead atoms. The van der Waals surface area contributed by atoms with Gasteiger partial charge in [0.05, 0.1) is 4.90 Å². The fraction of sp³-hybridized carbons (Fsp3) is 0.286. The standard InChI is InChI=1S/C14H15F2NO3S2/c1-2-13(17-22(18,19)12-7-8-21-9-12)10-3-5-11(6-4-10)20-14(15)16/h3-9,13-14,17H,2H2,1H3. The molecule has 2 aromatic rings. The number of alkyl halides is 2. The second kappa shape index (κ2) is 7.17. The Morgan fingerprint density at radius 1 is 1.23 bits per heavy atom. The number of hydrogen-bond acceptors (Lipinski definition) is 4. The molecule has 1 heterocycles. The Labute approximate surface area is 131 Å². The number of thiophene rings is 1. The first-order valence-electron chi connectivity index (χ1n) is 6.51. The van der Waals surface area contributed by atoms with Gasteiger partial charge in [0.2, 0.25) is 10.0 Å². The van der Waals surface area contributed by atoms with Gasteiger partial charge in [-0.3, -0.25) is 0 Å². The van der Waals surface area contributed by atoms with Crippen molar-refractivity contribution < 1.29 is 21.9 Å². The molecule has 1 aromatic carbocycles.